The van der Waals surface area contributed by atoms with Gasteiger partial charge >= 0.3 is 0 Å². The quantitative estimate of drug-likeness (QED) is 0.593. The second-order valence-electron chi connectivity index (χ2n) is 7.00. The molecule has 3 aromatic carbocycles. The number of ether oxygens (including phenoxy) is 3. The third-order valence-corrected chi connectivity index (χ3v) is 5.25. The van der Waals surface area contributed by atoms with Gasteiger partial charge in [-0.1, -0.05) is 35.9 Å². The van der Waals surface area contributed by atoms with Crippen molar-refractivity contribution in [3.8, 4) is 17.2 Å². The van der Waals surface area contributed by atoms with E-state index >= 15 is 0 Å². The van der Waals surface area contributed by atoms with Crippen molar-refractivity contribution in [1.82, 2.24) is 5.32 Å². The summed E-state index contributed by atoms with van der Waals surface area (Å²) in [5.74, 6) is 1.96. The summed E-state index contributed by atoms with van der Waals surface area (Å²) in [6.07, 6.45) is 0. The highest BCUT2D eigenvalue weighted by atomic mass is 35.5. The van der Waals surface area contributed by atoms with E-state index in [1.165, 1.54) is 0 Å². The first kappa shape index (κ1) is 20.1. The van der Waals surface area contributed by atoms with Gasteiger partial charge in [-0.2, -0.15) is 0 Å². The Morgan fingerprint density at radius 1 is 1.03 bits per heavy atom. The van der Waals surface area contributed by atoms with E-state index in [-0.39, 0.29) is 11.9 Å². The molecule has 0 aliphatic carbocycles. The zero-order valence-corrected chi connectivity index (χ0v) is 17.3. The van der Waals surface area contributed by atoms with Crippen molar-refractivity contribution >= 4 is 17.5 Å². The molecular formula is C24H22ClNO4. The molecule has 0 fully saturated rings. The smallest absolute Gasteiger partial charge is 0.251 e. The van der Waals surface area contributed by atoms with Crippen LogP contribution in [0, 0.1) is 0 Å². The highest BCUT2D eigenvalue weighted by Crippen LogP contribution is 2.32. The lowest BCUT2D eigenvalue weighted by Crippen LogP contribution is -2.26. The Balaban J connectivity index is 1.36. The largest absolute Gasteiger partial charge is 0.489 e. The molecule has 0 saturated heterocycles. The van der Waals surface area contributed by atoms with Gasteiger partial charge in [0.05, 0.1) is 6.04 Å². The Labute approximate surface area is 180 Å². The third kappa shape index (κ3) is 4.69. The van der Waals surface area contributed by atoms with Gasteiger partial charge < -0.3 is 19.5 Å². The minimum absolute atomic E-state index is 0.157. The summed E-state index contributed by atoms with van der Waals surface area (Å²) in [4.78, 5) is 12.6. The molecule has 1 atom stereocenters. The highest BCUT2D eigenvalue weighted by Gasteiger charge is 2.16. The monoisotopic (exact) mass is 423 g/mol. The van der Waals surface area contributed by atoms with Gasteiger partial charge in [0.1, 0.15) is 25.6 Å². The Hall–Kier alpha value is -3.18. The zero-order chi connectivity index (χ0) is 20.9. The maximum absolute atomic E-state index is 12.6. The van der Waals surface area contributed by atoms with E-state index in [2.05, 4.69) is 5.32 Å². The molecule has 4 rings (SSSR count). The Morgan fingerprint density at radius 3 is 2.53 bits per heavy atom. The predicted molar refractivity (Wildman–Crippen MR) is 116 cm³/mol. The van der Waals surface area contributed by atoms with Gasteiger partial charge in [-0.05, 0) is 55.0 Å². The minimum Gasteiger partial charge on any atom is -0.489 e. The summed E-state index contributed by atoms with van der Waals surface area (Å²) >= 11 is 6.15. The van der Waals surface area contributed by atoms with Gasteiger partial charge in [0.15, 0.2) is 11.5 Å². The van der Waals surface area contributed by atoms with Crippen LogP contribution in [-0.4, -0.2) is 19.1 Å². The second kappa shape index (κ2) is 9.09. The predicted octanol–water partition coefficient (Wildman–Crippen LogP) is 5.18. The number of halogens is 1. The van der Waals surface area contributed by atoms with Crippen LogP contribution in [0.25, 0.3) is 0 Å². The number of hydrogen-bond donors (Lipinski definition) is 1. The summed E-state index contributed by atoms with van der Waals surface area (Å²) in [7, 11) is 0. The molecule has 1 aliphatic heterocycles. The van der Waals surface area contributed by atoms with Crippen LogP contribution in [-0.2, 0) is 6.61 Å². The number of rotatable bonds is 6. The molecule has 1 aliphatic rings. The third-order valence-electron chi connectivity index (χ3n) is 4.88. The number of nitrogens with one attached hydrogen (secondary N) is 1. The highest BCUT2D eigenvalue weighted by molar-refractivity contribution is 6.31. The molecule has 0 bridgehead atoms. The summed E-state index contributed by atoms with van der Waals surface area (Å²) in [6, 6.07) is 20.1. The molecule has 0 unspecified atom stereocenters. The first-order valence-corrected chi connectivity index (χ1v) is 10.1. The number of carbonyl (C=O) groups excluding carboxylic acids is 1. The van der Waals surface area contributed by atoms with E-state index in [0.29, 0.717) is 41.9 Å². The molecule has 3 aromatic rings. The van der Waals surface area contributed by atoms with Crippen LogP contribution in [0.5, 0.6) is 17.2 Å². The fourth-order valence-electron chi connectivity index (χ4n) is 3.17. The van der Waals surface area contributed by atoms with E-state index in [1.54, 1.807) is 24.3 Å². The minimum atomic E-state index is -0.176. The molecule has 0 radical (unpaired) electrons. The molecule has 1 N–H and O–H groups in total. The first-order valence-electron chi connectivity index (χ1n) is 9.77. The van der Waals surface area contributed by atoms with Gasteiger partial charge in [-0.15, -0.1) is 0 Å². The lowest BCUT2D eigenvalue weighted by atomic mass is 10.1. The summed E-state index contributed by atoms with van der Waals surface area (Å²) in [5.41, 5.74) is 2.42. The molecule has 154 valence electrons. The lowest BCUT2D eigenvalue weighted by Gasteiger charge is -2.21. The SMILES string of the molecule is C[C@@H](NC(=O)c1ccc(OCc2ccccc2Cl)cc1)c1ccc2c(c1)OCCO2. The Bertz CT molecular complexity index is 1040. The molecule has 5 nitrogen and oxygen atoms in total. The van der Waals surface area contributed by atoms with Crippen molar-refractivity contribution in [2.75, 3.05) is 13.2 Å². The van der Waals surface area contributed by atoms with Crippen molar-refractivity contribution < 1.29 is 19.0 Å². The van der Waals surface area contributed by atoms with Crippen molar-refractivity contribution in [3.63, 3.8) is 0 Å². The van der Waals surface area contributed by atoms with Crippen molar-refractivity contribution in [1.29, 1.82) is 0 Å². The van der Waals surface area contributed by atoms with Crippen LogP contribution in [0.3, 0.4) is 0 Å². The number of carbonyl (C=O) groups is 1. The van der Waals surface area contributed by atoms with E-state index in [4.69, 9.17) is 25.8 Å². The second-order valence-corrected chi connectivity index (χ2v) is 7.41. The van der Waals surface area contributed by atoms with Crippen LogP contribution < -0.4 is 19.5 Å². The average molecular weight is 424 g/mol. The summed E-state index contributed by atoms with van der Waals surface area (Å²) < 4.78 is 16.9. The molecular weight excluding hydrogens is 402 g/mol. The molecule has 6 heteroatoms. The normalized spacial score (nSPS) is 13.4. The van der Waals surface area contributed by atoms with Gasteiger partial charge in [-0.3, -0.25) is 4.79 Å². The molecule has 0 saturated carbocycles. The molecule has 0 spiro atoms. The van der Waals surface area contributed by atoms with Crippen LogP contribution in [0.1, 0.15) is 34.5 Å². The van der Waals surface area contributed by atoms with Crippen LogP contribution in [0.15, 0.2) is 66.7 Å². The van der Waals surface area contributed by atoms with Crippen molar-refractivity contribution in [2.45, 2.75) is 19.6 Å². The van der Waals surface area contributed by atoms with Gasteiger partial charge in [0, 0.05) is 16.1 Å². The number of hydrogen-bond acceptors (Lipinski definition) is 4. The zero-order valence-electron chi connectivity index (χ0n) is 16.6. The first-order chi connectivity index (χ1) is 14.6. The van der Waals surface area contributed by atoms with E-state index in [9.17, 15) is 4.79 Å². The maximum atomic E-state index is 12.6. The number of amides is 1. The standard InChI is InChI=1S/C24H22ClNO4/c1-16(18-8-11-22-23(14-18)29-13-12-28-22)26-24(27)17-6-9-20(10-7-17)30-15-19-4-2-3-5-21(19)25/h2-11,14,16H,12-13,15H2,1H3,(H,26,27)/t16-/m1/s1. The summed E-state index contributed by atoms with van der Waals surface area (Å²) in [5, 5.41) is 3.68. The number of fused-ring (bicyclic) bond motifs is 1. The average Bonchev–Trinajstić information content (AvgIpc) is 2.78. The number of benzene rings is 3. The van der Waals surface area contributed by atoms with Crippen LogP contribution >= 0.6 is 11.6 Å². The Morgan fingerprint density at radius 2 is 1.77 bits per heavy atom. The molecule has 30 heavy (non-hydrogen) atoms. The molecule has 1 heterocycles. The van der Waals surface area contributed by atoms with Crippen molar-refractivity contribution in [3.05, 3.63) is 88.4 Å². The summed E-state index contributed by atoms with van der Waals surface area (Å²) in [6.45, 7) is 3.38. The fraction of sp³-hybridized carbons (Fsp3) is 0.208. The van der Waals surface area contributed by atoms with E-state index < -0.39 is 0 Å². The van der Waals surface area contributed by atoms with Crippen LogP contribution in [0.2, 0.25) is 5.02 Å². The van der Waals surface area contributed by atoms with Gasteiger partial charge in [0.25, 0.3) is 5.91 Å². The fourth-order valence-corrected chi connectivity index (χ4v) is 3.36. The molecule has 0 aromatic heterocycles. The van der Waals surface area contributed by atoms with E-state index in [1.807, 2.05) is 49.4 Å². The van der Waals surface area contributed by atoms with E-state index in [0.717, 1.165) is 16.9 Å². The van der Waals surface area contributed by atoms with Gasteiger partial charge in [0.2, 0.25) is 0 Å². The lowest BCUT2D eigenvalue weighted by molar-refractivity contribution is 0.0939. The topological polar surface area (TPSA) is 56.8 Å². The molecule has 1 amide bonds. The van der Waals surface area contributed by atoms with Gasteiger partial charge in [-0.25, -0.2) is 0 Å². The van der Waals surface area contributed by atoms with Crippen LogP contribution in [0.4, 0.5) is 0 Å². The Kier molecular flexibility index (Phi) is 6.10. The van der Waals surface area contributed by atoms with Crippen molar-refractivity contribution in [2.24, 2.45) is 0 Å². The maximum Gasteiger partial charge on any atom is 0.251 e.